The molecular formula is C12H13N3O3S. The van der Waals surface area contributed by atoms with Gasteiger partial charge in [-0.1, -0.05) is 6.07 Å². The lowest BCUT2D eigenvalue weighted by atomic mass is 10.2. The van der Waals surface area contributed by atoms with Crippen molar-refractivity contribution in [1.82, 2.24) is 0 Å². The molecule has 0 bridgehead atoms. The Morgan fingerprint density at radius 2 is 1.63 bits per heavy atom. The van der Waals surface area contributed by atoms with Crippen LogP contribution in [0.3, 0.4) is 0 Å². The molecule has 0 aliphatic carbocycles. The number of benzene rings is 2. The van der Waals surface area contributed by atoms with Gasteiger partial charge in [-0.05, 0) is 36.4 Å². The van der Waals surface area contributed by atoms with E-state index in [9.17, 15) is 13.0 Å². The lowest BCUT2D eigenvalue weighted by Crippen LogP contribution is -2.06. The SMILES string of the molecule is Nc1ccc(Nc2c(N)cccc2S(=O)(=O)O)cc1. The molecule has 2 aromatic carbocycles. The number of hydrogen-bond donors (Lipinski definition) is 4. The minimum absolute atomic E-state index is 0.134. The molecule has 0 saturated heterocycles. The predicted molar refractivity (Wildman–Crippen MR) is 74.8 cm³/mol. The van der Waals surface area contributed by atoms with Gasteiger partial charge in [-0.25, -0.2) is 0 Å². The Balaban J connectivity index is 2.48. The van der Waals surface area contributed by atoms with Crippen LogP contribution in [-0.4, -0.2) is 13.0 Å². The summed E-state index contributed by atoms with van der Waals surface area (Å²) >= 11 is 0. The summed E-state index contributed by atoms with van der Waals surface area (Å²) in [5, 5.41) is 2.85. The average molecular weight is 279 g/mol. The highest BCUT2D eigenvalue weighted by atomic mass is 32.2. The van der Waals surface area contributed by atoms with Gasteiger partial charge in [0.05, 0.1) is 11.4 Å². The third-order valence-electron chi connectivity index (χ3n) is 2.52. The maximum Gasteiger partial charge on any atom is 0.296 e. The fourth-order valence-electron chi connectivity index (χ4n) is 1.61. The Morgan fingerprint density at radius 3 is 2.21 bits per heavy atom. The van der Waals surface area contributed by atoms with E-state index in [1.54, 1.807) is 24.3 Å². The molecule has 0 unspecified atom stereocenters. The summed E-state index contributed by atoms with van der Waals surface area (Å²) in [6.07, 6.45) is 0. The topological polar surface area (TPSA) is 118 Å². The second-order valence-electron chi connectivity index (χ2n) is 3.94. The van der Waals surface area contributed by atoms with Crippen molar-refractivity contribution in [2.75, 3.05) is 16.8 Å². The molecule has 6 N–H and O–H groups in total. The van der Waals surface area contributed by atoms with Gasteiger partial charge < -0.3 is 16.8 Å². The fourth-order valence-corrected chi connectivity index (χ4v) is 2.28. The van der Waals surface area contributed by atoms with Gasteiger partial charge in [0.1, 0.15) is 4.90 Å². The van der Waals surface area contributed by atoms with Crippen LogP contribution in [-0.2, 0) is 10.1 Å². The Labute approximate surface area is 110 Å². The molecule has 19 heavy (non-hydrogen) atoms. The van der Waals surface area contributed by atoms with Crippen molar-refractivity contribution in [3.63, 3.8) is 0 Å². The minimum Gasteiger partial charge on any atom is -0.399 e. The molecule has 6 nitrogen and oxygen atoms in total. The molecule has 0 atom stereocenters. The summed E-state index contributed by atoms with van der Waals surface area (Å²) in [5.74, 6) is 0. The standard InChI is InChI=1S/C12H13N3O3S/c13-8-4-6-9(7-5-8)15-12-10(14)2-1-3-11(12)19(16,17)18/h1-7,15H,13-14H2,(H,16,17,18). The number of anilines is 4. The van der Waals surface area contributed by atoms with Crippen LogP contribution < -0.4 is 16.8 Å². The second-order valence-corrected chi connectivity index (χ2v) is 5.33. The summed E-state index contributed by atoms with van der Waals surface area (Å²) in [5.41, 5.74) is 12.8. The Hall–Kier alpha value is -2.25. The molecule has 100 valence electrons. The van der Waals surface area contributed by atoms with E-state index < -0.39 is 10.1 Å². The summed E-state index contributed by atoms with van der Waals surface area (Å²) in [4.78, 5) is -0.274. The first-order valence-corrected chi connectivity index (χ1v) is 6.80. The lowest BCUT2D eigenvalue weighted by Gasteiger charge is -2.12. The van der Waals surface area contributed by atoms with E-state index in [2.05, 4.69) is 5.32 Å². The Morgan fingerprint density at radius 1 is 1.00 bits per heavy atom. The van der Waals surface area contributed by atoms with Crippen LogP contribution in [0.15, 0.2) is 47.4 Å². The van der Waals surface area contributed by atoms with Gasteiger partial charge in [-0.2, -0.15) is 8.42 Å². The predicted octanol–water partition coefficient (Wildman–Crippen LogP) is 1.84. The van der Waals surface area contributed by atoms with Crippen LogP contribution in [0.5, 0.6) is 0 Å². The minimum atomic E-state index is -4.35. The van der Waals surface area contributed by atoms with E-state index in [-0.39, 0.29) is 16.3 Å². The van der Waals surface area contributed by atoms with Crippen molar-refractivity contribution >= 4 is 32.9 Å². The van der Waals surface area contributed by atoms with Crippen molar-refractivity contribution < 1.29 is 13.0 Å². The van der Waals surface area contributed by atoms with Gasteiger partial charge >= 0.3 is 0 Å². The van der Waals surface area contributed by atoms with Crippen molar-refractivity contribution in [2.24, 2.45) is 0 Å². The van der Waals surface area contributed by atoms with Gasteiger partial charge in [0, 0.05) is 11.4 Å². The van der Waals surface area contributed by atoms with Crippen molar-refractivity contribution in [2.45, 2.75) is 4.90 Å². The van der Waals surface area contributed by atoms with Crippen LogP contribution >= 0.6 is 0 Å². The first kappa shape index (κ1) is 13.2. The van der Waals surface area contributed by atoms with E-state index in [1.165, 1.54) is 18.2 Å². The molecule has 0 radical (unpaired) electrons. The largest absolute Gasteiger partial charge is 0.399 e. The molecule has 2 rings (SSSR count). The number of nitrogens with two attached hydrogens (primary N) is 2. The van der Waals surface area contributed by atoms with Crippen molar-refractivity contribution in [1.29, 1.82) is 0 Å². The first-order chi connectivity index (χ1) is 8.88. The highest BCUT2D eigenvalue weighted by Gasteiger charge is 2.17. The van der Waals surface area contributed by atoms with E-state index >= 15 is 0 Å². The number of nitrogens with one attached hydrogen (secondary N) is 1. The molecule has 0 aromatic heterocycles. The molecule has 7 heteroatoms. The monoisotopic (exact) mass is 279 g/mol. The third kappa shape index (κ3) is 2.95. The van der Waals surface area contributed by atoms with Gasteiger partial charge in [0.15, 0.2) is 0 Å². The molecule has 0 spiro atoms. The Bertz CT molecular complexity index is 697. The highest BCUT2D eigenvalue weighted by Crippen LogP contribution is 2.30. The van der Waals surface area contributed by atoms with E-state index in [1.807, 2.05) is 0 Å². The van der Waals surface area contributed by atoms with Crippen LogP contribution in [0.2, 0.25) is 0 Å². The maximum absolute atomic E-state index is 11.3. The maximum atomic E-state index is 11.3. The van der Waals surface area contributed by atoms with Gasteiger partial charge in [0.2, 0.25) is 0 Å². The molecule has 2 aromatic rings. The molecule has 0 heterocycles. The van der Waals surface area contributed by atoms with Crippen molar-refractivity contribution in [3.05, 3.63) is 42.5 Å². The second kappa shape index (κ2) is 4.79. The molecule has 0 amide bonds. The molecule has 0 fully saturated rings. The van der Waals surface area contributed by atoms with Crippen LogP contribution in [0.1, 0.15) is 0 Å². The number of para-hydroxylation sites is 1. The van der Waals surface area contributed by atoms with Gasteiger partial charge in [0.25, 0.3) is 10.1 Å². The summed E-state index contributed by atoms with van der Waals surface area (Å²) in [6.45, 7) is 0. The molecular weight excluding hydrogens is 266 g/mol. The third-order valence-corrected chi connectivity index (χ3v) is 3.41. The zero-order valence-corrected chi connectivity index (χ0v) is 10.7. The highest BCUT2D eigenvalue weighted by molar-refractivity contribution is 7.86. The van der Waals surface area contributed by atoms with Gasteiger partial charge in [-0.15, -0.1) is 0 Å². The van der Waals surface area contributed by atoms with Crippen LogP contribution in [0.25, 0.3) is 0 Å². The summed E-state index contributed by atoms with van der Waals surface area (Å²) in [6, 6.07) is 10.9. The van der Waals surface area contributed by atoms with E-state index in [4.69, 9.17) is 11.5 Å². The van der Waals surface area contributed by atoms with Crippen LogP contribution in [0.4, 0.5) is 22.7 Å². The van der Waals surface area contributed by atoms with Crippen molar-refractivity contribution in [3.8, 4) is 0 Å². The number of rotatable bonds is 3. The number of hydrogen-bond acceptors (Lipinski definition) is 5. The molecule has 0 aliphatic heterocycles. The van der Waals surface area contributed by atoms with Crippen LogP contribution in [0, 0.1) is 0 Å². The zero-order chi connectivity index (χ0) is 14.0. The normalized spacial score (nSPS) is 11.2. The van der Waals surface area contributed by atoms with E-state index in [0.29, 0.717) is 11.4 Å². The summed E-state index contributed by atoms with van der Waals surface area (Å²) in [7, 11) is -4.35. The Kier molecular flexibility index (Phi) is 3.32. The quantitative estimate of drug-likeness (QED) is 0.503. The van der Waals surface area contributed by atoms with E-state index in [0.717, 1.165) is 0 Å². The first-order valence-electron chi connectivity index (χ1n) is 5.36. The molecule has 0 saturated carbocycles. The smallest absolute Gasteiger partial charge is 0.296 e. The fraction of sp³-hybridized carbons (Fsp3) is 0. The average Bonchev–Trinajstić information content (AvgIpc) is 2.33. The number of nitrogen functional groups attached to an aromatic ring is 2. The van der Waals surface area contributed by atoms with Gasteiger partial charge in [-0.3, -0.25) is 4.55 Å². The summed E-state index contributed by atoms with van der Waals surface area (Å²) < 4.78 is 31.8. The zero-order valence-electron chi connectivity index (χ0n) is 9.87. The lowest BCUT2D eigenvalue weighted by molar-refractivity contribution is 0.483. The molecule has 0 aliphatic rings.